The van der Waals surface area contributed by atoms with Crippen LogP contribution < -0.4 is 10.1 Å². The quantitative estimate of drug-likeness (QED) is 0.499. The molecule has 0 saturated carbocycles. The van der Waals surface area contributed by atoms with E-state index in [0.29, 0.717) is 18.9 Å². The summed E-state index contributed by atoms with van der Waals surface area (Å²) in [5, 5.41) is 2.28. The molecule has 1 aromatic carbocycles. The highest BCUT2D eigenvalue weighted by atomic mass is 16.5. The van der Waals surface area contributed by atoms with Gasteiger partial charge in [0.1, 0.15) is 12.3 Å². The predicted octanol–water partition coefficient (Wildman–Crippen LogP) is 2.12. The van der Waals surface area contributed by atoms with Gasteiger partial charge in [0, 0.05) is 44.5 Å². The van der Waals surface area contributed by atoms with E-state index in [-0.39, 0.29) is 36.1 Å². The second kappa shape index (κ2) is 10.5. The van der Waals surface area contributed by atoms with E-state index in [9.17, 15) is 14.4 Å². The van der Waals surface area contributed by atoms with Gasteiger partial charge in [-0.25, -0.2) is 4.98 Å². The number of carbonyl (C=O) groups excluding carboxylic acids is 3. The van der Waals surface area contributed by atoms with E-state index >= 15 is 0 Å². The van der Waals surface area contributed by atoms with Gasteiger partial charge in [0.2, 0.25) is 17.7 Å². The fraction of sp³-hybridized carbons (Fsp3) is 0.417. The summed E-state index contributed by atoms with van der Waals surface area (Å²) in [7, 11) is 0. The minimum Gasteiger partial charge on any atom is -0.473 e. The minimum atomic E-state index is -0.498. The van der Waals surface area contributed by atoms with Gasteiger partial charge in [-0.2, -0.15) is 0 Å². The third kappa shape index (κ3) is 5.99. The van der Waals surface area contributed by atoms with Crippen molar-refractivity contribution in [1.82, 2.24) is 15.2 Å². The fourth-order valence-electron chi connectivity index (χ4n) is 3.83. The zero-order valence-electron chi connectivity index (χ0n) is 17.9. The molecule has 0 bridgehead atoms. The Morgan fingerprint density at radius 2 is 1.84 bits per heavy atom. The molecule has 2 amide bonds. The monoisotopic (exact) mass is 437 g/mol. The van der Waals surface area contributed by atoms with E-state index in [4.69, 9.17) is 9.47 Å². The number of hydrogen-bond donors (Lipinski definition) is 1. The van der Waals surface area contributed by atoms with Crippen LogP contribution >= 0.6 is 0 Å². The Morgan fingerprint density at radius 1 is 1.09 bits per heavy atom. The van der Waals surface area contributed by atoms with E-state index in [1.165, 1.54) is 5.56 Å². The highest BCUT2D eigenvalue weighted by Gasteiger charge is 2.29. The number of morpholine rings is 1. The number of benzene rings is 1. The van der Waals surface area contributed by atoms with Crippen LogP contribution in [0.15, 0.2) is 42.5 Å². The molecule has 1 atom stereocenters. The molecule has 2 fully saturated rings. The average molecular weight is 437 g/mol. The molecular formula is C24H27N3O5. The van der Waals surface area contributed by atoms with Crippen molar-refractivity contribution >= 4 is 17.6 Å². The molecule has 2 aromatic rings. The lowest BCUT2D eigenvalue weighted by molar-refractivity contribution is -0.136. The Hall–Kier alpha value is -3.10. The first-order chi connectivity index (χ1) is 15.6. The van der Waals surface area contributed by atoms with Crippen LogP contribution in [0.25, 0.3) is 0 Å². The first-order valence-corrected chi connectivity index (χ1v) is 10.9. The first-order valence-electron chi connectivity index (χ1n) is 10.9. The summed E-state index contributed by atoms with van der Waals surface area (Å²) in [6, 6.07) is 13.3. The van der Waals surface area contributed by atoms with Crippen LogP contribution in [0.1, 0.15) is 40.9 Å². The summed E-state index contributed by atoms with van der Waals surface area (Å²) in [6.45, 7) is 4.73. The Kier molecular flexibility index (Phi) is 7.24. The highest BCUT2D eigenvalue weighted by molar-refractivity contribution is 6.02. The number of imide groups is 1. The third-order valence-corrected chi connectivity index (χ3v) is 5.71. The van der Waals surface area contributed by atoms with Crippen LogP contribution in [0.4, 0.5) is 0 Å². The Balaban J connectivity index is 1.29. The summed E-state index contributed by atoms with van der Waals surface area (Å²) in [5.74, 6) is -1.06. The normalized spacial score (nSPS) is 19.4. The molecule has 1 N–H and O–H groups in total. The van der Waals surface area contributed by atoms with Gasteiger partial charge in [0.05, 0.1) is 13.2 Å². The molecule has 8 heteroatoms. The molecule has 2 aliphatic rings. The number of Topliss-reactive ketones (excluding diaryl/α,β-unsaturated/α-hetero) is 1. The topological polar surface area (TPSA) is 97.8 Å². The largest absolute Gasteiger partial charge is 0.473 e. The lowest BCUT2D eigenvalue weighted by Crippen LogP contribution is -2.41. The number of nitrogens with one attached hydrogen (secondary N) is 1. The number of aromatic nitrogens is 1. The van der Waals surface area contributed by atoms with Crippen LogP contribution in [-0.4, -0.2) is 53.8 Å². The number of nitrogens with zero attached hydrogens (tertiary/aromatic N) is 2. The zero-order chi connectivity index (χ0) is 22.3. The summed E-state index contributed by atoms with van der Waals surface area (Å²) < 4.78 is 11.2. The molecule has 3 heterocycles. The van der Waals surface area contributed by atoms with Crippen molar-refractivity contribution in [3.05, 3.63) is 59.3 Å². The van der Waals surface area contributed by atoms with Crippen molar-refractivity contribution in [2.75, 3.05) is 26.3 Å². The van der Waals surface area contributed by atoms with Crippen molar-refractivity contribution in [3.8, 4) is 5.88 Å². The Morgan fingerprint density at radius 3 is 2.59 bits per heavy atom. The minimum absolute atomic E-state index is 0.0279. The standard InChI is InChI=1S/C24H27N3O5/c28-21(14-19-8-9-22(29)26-24(19)30)20-2-1-3-23(25-20)32-16-18-6-4-17(5-7-18)15-27-10-12-31-13-11-27/h1-7,19H,8-16H2,(H,26,29,30). The smallest absolute Gasteiger partial charge is 0.230 e. The summed E-state index contributed by atoms with van der Waals surface area (Å²) in [4.78, 5) is 42.4. The number of rotatable bonds is 8. The molecule has 2 aliphatic heterocycles. The number of hydrogen-bond acceptors (Lipinski definition) is 7. The van der Waals surface area contributed by atoms with E-state index in [0.717, 1.165) is 38.4 Å². The molecule has 168 valence electrons. The van der Waals surface area contributed by atoms with E-state index in [2.05, 4.69) is 27.3 Å². The maximum Gasteiger partial charge on any atom is 0.230 e. The molecule has 0 aliphatic carbocycles. The Bertz CT molecular complexity index is 970. The van der Waals surface area contributed by atoms with Crippen molar-refractivity contribution < 1.29 is 23.9 Å². The number of carbonyl (C=O) groups is 3. The predicted molar refractivity (Wildman–Crippen MR) is 116 cm³/mol. The van der Waals surface area contributed by atoms with Gasteiger partial charge in [-0.1, -0.05) is 30.3 Å². The van der Waals surface area contributed by atoms with Gasteiger partial charge in [-0.3, -0.25) is 24.6 Å². The maximum absolute atomic E-state index is 12.6. The molecule has 1 unspecified atom stereocenters. The van der Waals surface area contributed by atoms with Crippen LogP contribution in [0, 0.1) is 5.92 Å². The lowest BCUT2D eigenvalue weighted by atomic mass is 9.92. The molecule has 8 nitrogen and oxygen atoms in total. The van der Waals surface area contributed by atoms with Gasteiger partial charge >= 0.3 is 0 Å². The second-order valence-electron chi connectivity index (χ2n) is 8.13. The molecule has 1 aromatic heterocycles. The van der Waals surface area contributed by atoms with Crippen LogP contribution in [0.2, 0.25) is 0 Å². The number of ketones is 1. The Labute approximate surface area is 186 Å². The van der Waals surface area contributed by atoms with Crippen LogP contribution in [-0.2, 0) is 27.5 Å². The van der Waals surface area contributed by atoms with Crippen molar-refractivity contribution in [2.24, 2.45) is 5.92 Å². The third-order valence-electron chi connectivity index (χ3n) is 5.71. The average Bonchev–Trinajstić information content (AvgIpc) is 2.81. The molecule has 2 saturated heterocycles. The van der Waals surface area contributed by atoms with Crippen molar-refractivity contribution in [3.63, 3.8) is 0 Å². The van der Waals surface area contributed by atoms with Gasteiger partial charge in [-0.05, 0) is 23.6 Å². The highest BCUT2D eigenvalue weighted by Crippen LogP contribution is 2.20. The lowest BCUT2D eigenvalue weighted by Gasteiger charge is -2.26. The van der Waals surface area contributed by atoms with E-state index < -0.39 is 5.92 Å². The van der Waals surface area contributed by atoms with E-state index in [1.54, 1.807) is 18.2 Å². The first kappa shape index (κ1) is 22.1. The van der Waals surface area contributed by atoms with Gasteiger partial charge < -0.3 is 9.47 Å². The van der Waals surface area contributed by atoms with Gasteiger partial charge in [0.25, 0.3) is 0 Å². The van der Waals surface area contributed by atoms with Gasteiger partial charge in [-0.15, -0.1) is 0 Å². The SMILES string of the molecule is O=C1CCC(CC(=O)c2cccc(OCc3ccc(CN4CCOCC4)cc3)n2)C(=O)N1. The van der Waals surface area contributed by atoms with Crippen LogP contribution in [0.5, 0.6) is 5.88 Å². The second-order valence-corrected chi connectivity index (χ2v) is 8.13. The van der Waals surface area contributed by atoms with Crippen LogP contribution in [0.3, 0.4) is 0 Å². The number of amides is 2. The fourth-order valence-corrected chi connectivity index (χ4v) is 3.83. The number of piperidine rings is 1. The molecule has 0 radical (unpaired) electrons. The summed E-state index contributed by atoms with van der Waals surface area (Å²) >= 11 is 0. The number of ether oxygens (including phenoxy) is 2. The summed E-state index contributed by atoms with van der Waals surface area (Å²) in [6.07, 6.45) is 0.666. The zero-order valence-corrected chi connectivity index (χ0v) is 17.9. The van der Waals surface area contributed by atoms with Crippen molar-refractivity contribution in [1.29, 1.82) is 0 Å². The van der Waals surface area contributed by atoms with Crippen molar-refractivity contribution in [2.45, 2.75) is 32.4 Å². The number of pyridine rings is 1. The molecule has 32 heavy (non-hydrogen) atoms. The van der Waals surface area contributed by atoms with E-state index in [1.807, 2.05) is 12.1 Å². The molecule has 4 rings (SSSR count). The molecule has 0 spiro atoms. The summed E-state index contributed by atoms with van der Waals surface area (Å²) in [5.41, 5.74) is 2.51. The maximum atomic E-state index is 12.6. The van der Waals surface area contributed by atoms with Gasteiger partial charge in [0.15, 0.2) is 5.78 Å². The molecular weight excluding hydrogens is 410 g/mol.